The second kappa shape index (κ2) is 8.86. The van der Waals surface area contributed by atoms with Gasteiger partial charge in [0, 0.05) is 35.6 Å². The minimum atomic E-state index is -0.377. The lowest BCUT2D eigenvalue weighted by Gasteiger charge is -2.21. The summed E-state index contributed by atoms with van der Waals surface area (Å²) in [5, 5.41) is 0.902. The van der Waals surface area contributed by atoms with E-state index in [-0.39, 0.29) is 18.0 Å². The molecular weight excluding hydrogens is 368 g/mol. The molecule has 3 aromatic rings. The quantitative estimate of drug-likeness (QED) is 0.379. The Morgan fingerprint density at radius 1 is 1.10 bits per heavy atom. The maximum atomic E-state index is 12.6. The molecule has 0 spiro atoms. The summed E-state index contributed by atoms with van der Waals surface area (Å²) in [5.74, 6) is -0.409. The van der Waals surface area contributed by atoms with E-state index < -0.39 is 0 Å². The van der Waals surface area contributed by atoms with Crippen LogP contribution in [0, 0.1) is 0 Å². The Balaban J connectivity index is 1.41. The van der Waals surface area contributed by atoms with Crippen LogP contribution in [0.4, 0.5) is 0 Å². The van der Waals surface area contributed by atoms with Crippen molar-refractivity contribution in [3.05, 3.63) is 77.5 Å². The van der Waals surface area contributed by atoms with Crippen molar-refractivity contribution >= 4 is 28.7 Å². The number of carbonyl (C=O) groups is 2. The lowest BCUT2D eigenvalue weighted by Crippen LogP contribution is -2.32. The number of hydroxylamine groups is 1. The molecular formula is C23H22N2O4. The number of amides is 1. The van der Waals surface area contributed by atoms with Crippen molar-refractivity contribution in [1.29, 1.82) is 0 Å². The van der Waals surface area contributed by atoms with Crippen molar-refractivity contribution in [1.82, 2.24) is 10.5 Å². The van der Waals surface area contributed by atoms with E-state index >= 15 is 0 Å². The van der Waals surface area contributed by atoms with Gasteiger partial charge in [0.15, 0.2) is 6.29 Å². The topological polar surface area (TPSA) is 80.4 Å². The molecule has 1 fully saturated rings. The first-order chi connectivity index (χ1) is 14.2. The van der Waals surface area contributed by atoms with Gasteiger partial charge in [-0.2, -0.15) is 0 Å². The summed E-state index contributed by atoms with van der Waals surface area (Å²) in [7, 11) is 0. The number of ketones is 1. The highest BCUT2D eigenvalue weighted by Gasteiger charge is 2.15. The van der Waals surface area contributed by atoms with Crippen molar-refractivity contribution < 1.29 is 19.2 Å². The molecule has 2 aromatic carbocycles. The Kier molecular flexibility index (Phi) is 5.84. The van der Waals surface area contributed by atoms with Gasteiger partial charge in [0.2, 0.25) is 5.78 Å². The SMILES string of the molecule is O=C(/C=C/c1ccc2[nH]c(C(=O)c3ccccc3)cc2c1)NOC1CCCCO1. The van der Waals surface area contributed by atoms with Gasteiger partial charge in [-0.05, 0) is 42.7 Å². The van der Waals surface area contributed by atoms with Crippen LogP contribution < -0.4 is 5.48 Å². The predicted octanol–water partition coefficient (Wildman–Crippen LogP) is 3.99. The van der Waals surface area contributed by atoms with Crippen LogP contribution in [-0.4, -0.2) is 29.6 Å². The highest BCUT2D eigenvalue weighted by Crippen LogP contribution is 2.20. The Morgan fingerprint density at radius 2 is 1.97 bits per heavy atom. The number of fused-ring (bicyclic) bond motifs is 1. The highest BCUT2D eigenvalue weighted by molar-refractivity contribution is 6.10. The molecule has 1 aliphatic rings. The Hall–Kier alpha value is -3.22. The molecule has 1 amide bonds. The third-order valence-corrected chi connectivity index (χ3v) is 4.78. The first-order valence-corrected chi connectivity index (χ1v) is 9.67. The predicted molar refractivity (Wildman–Crippen MR) is 110 cm³/mol. The van der Waals surface area contributed by atoms with Crippen LogP contribution in [0.5, 0.6) is 0 Å². The Labute approximate surface area is 168 Å². The van der Waals surface area contributed by atoms with Gasteiger partial charge in [-0.15, -0.1) is 0 Å². The fourth-order valence-electron chi connectivity index (χ4n) is 3.26. The van der Waals surface area contributed by atoms with E-state index in [1.165, 1.54) is 6.08 Å². The summed E-state index contributed by atoms with van der Waals surface area (Å²) >= 11 is 0. The maximum Gasteiger partial charge on any atom is 0.267 e. The molecule has 0 aliphatic carbocycles. The molecule has 1 aliphatic heterocycles. The van der Waals surface area contributed by atoms with Gasteiger partial charge in [0.05, 0.1) is 5.69 Å². The number of hydrogen-bond acceptors (Lipinski definition) is 4. The molecule has 0 saturated carbocycles. The van der Waals surface area contributed by atoms with Crippen LogP contribution in [0.1, 0.15) is 40.9 Å². The summed E-state index contributed by atoms with van der Waals surface area (Å²) in [5.41, 5.74) is 5.28. The number of rotatable bonds is 6. The van der Waals surface area contributed by atoms with Crippen LogP contribution in [0.25, 0.3) is 17.0 Å². The first kappa shape index (κ1) is 19.1. The second-order valence-corrected chi connectivity index (χ2v) is 6.94. The minimum absolute atomic E-state index is 0.0552. The second-order valence-electron chi connectivity index (χ2n) is 6.94. The third kappa shape index (κ3) is 4.80. The number of H-pyrrole nitrogens is 1. The van der Waals surface area contributed by atoms with Gasteiger partial charge >= 0.3 is 0 Å². The number of aromatic amines is 1. The summed E-state index contributed by atoms with van der Waals surface area (Å²) in [6, 6.07) is 16.7. The fourth-order valence-corrected chi connectivity index (χ4v) is 3.26. The molecule has 29 heavy (non-hydrogen) atoms. The van der Waals surface area contributed by atoms with E-state index in [1.54, 1.807) is 18.2 Å². The molecule has 2 N–H and O–H groups in total. The van der Waals surface area contributed by atoms with E-state index in [0.29, 0.717) is 17.9 Å². The van der Waals surface area contributed by atoms with Crippen molar-refractivity contribution in [2.75, 3.05) is 6.61 Å². The van der Waals surface area contributed by atoms with Crippen molar-refractivity contribution in [3.63, 3.8) is 0 Å². The molecule has 2 heterocycles. The number of hydrogen-bond donors (Lipinski definition) is 2. The van der Waals surface area contributed by atoms with Crippen molar-refractivity contribution in [3.8, 4) is 0 Å². The monoisotopic (exact) mass is 390 g/mol. The van der Waals surface area contributed by atoms with Gasteiger partial charge < -0.3 is 9.72 Å². The molecule has 6 heteroatoms. The molecule has 0 bridgehead atoms. The van der Waals surface area contributed by atoms with Crippen molar-refractivity contribution in [2.45, 2.75) is 25.6 Å². The normalized spacial score (nSPS) is 16.9. The summed E-state index contributed by atoms with van der Waals surface area (Å²) in [6.07, 6.45) is 5.56. The highest BCUT2D eigenvalue weighted by atomic mass is 16.8. The largest absolute Gasteiger partial charge is 0.352 e. The van der Waals surface area contributed by atoms with E-state index in [4.69, 9.17) is 9.57 Å². The smallest absolute Gasteiger partial charge is 0.267 e. The molecule has 1 unspecified atom stereocenters. The van der Waals surface area contributed by atoms with Gasteiger partial charge in [-0.3, -0.25) is 9.59 Å². The number of carbonyl (C=O) groups excluding carboxylic acids is 2. The average molecular weight is 390 g/mol. The summed E-state index contributed by atoms with van der Waals surface area (Å²) in [6.45, 7) is 0.655. The van der Waals surface area contributed by atoms with E-state index in [2.05, 4.69) is 10.5 Å². The van der Waals surface area contributed by atoms with E-state index in [1.807, 2.05) is 42.5 Å². The van der Waals surface area contributed by atoms with Gasteiger partial charge in [-0.1, -0.05) is 36.4 Å². The van der Waals surface area contributed by atoms with Crippen LogP contribution in [-0.2, 0) is 14.4 Å². The number of nitrogens with one attached hydrogen (secondary N) is 2. The lowest BCUT2D eigenvalue weighted by molar-refractivity contribution is -0.198. The molecule has 148 valence electrons. The summed E-state index contributed by atoms with van der Waals surface area (Å²) < 4.78 is 5.40. The van der Waals surface area contributed by atoms with Crippen LogP contribution in [0.2, 0.25) is 0 Å². The number of benzene rings is 2. The van der Waals surface area contributed by atoms with Gasteiger partial charge in [0.25, 0.3) is 5.91 Å². The molecule has 1 atom stereocenters. The molecule has 4 rings (SSSR count). The zero-order valence-corrected chi connectivity index (χ0v) is 15.9. The number of ether oxygens (including phenoxy) is 1. The average Bonchev–Trinajstić information content (AvgIpc) is 3.20. The third-order valence-electron chi connectivity index (χ3n) is 4.78. The minimum Gasteiger partial charge on any atom is -0.352 e. The van der Waals surface area contributed by atoms with E-state index in [0.717, 1.165) is 35.7 Å². The fraction of sp³-hybridized carbons (Fsp3) is 0.217. The van der Waals surface area contributed by atoms with Gasteiger partial charge in [-0.25, -0.2) is 10.3 Å². The Morgan fingerprint density at radius 3 is 2.76 bits per heavy atom. The zero-order valence-electron chi connectivity index (χ0n) is 15.9. The first-order valence-electron chi connectivity index (χ1n) is 9.67. The molecule has 1 aromatic heterocycles. The Bertz CT molecular complexity index is 1030. The van der Waals surface area contributed by atoms with Gasteiger partial charge in [0.1, 0.15) is 0 Å². The zero-order chi connectivity index (χ0) is 20.1. The molecule has 1 saturated heterocycles. The molecule has 0 radical (unpaired) electrons. The van der Waals surface area contributed by atoms with E-state index in [9.17, 15) is 9.59 Å². The molecule has 6 nitrogen and oxygen atoms in total. The summed E-state index contributed by atoms with van der Waals surface area (Å²) in [4.78, 5) is 33.0. The van der Waals surface area contributed by atoms with Crippen LogP contribution in [0.3, 0.4) is 0 Å². The van der Waals surface area contributed by atoms with Crippen molar-refractivity contribution in [2.24, 2.45) is 0 Å². The lowest BCUT2D eigenvalue weighted by atomic mass is 10.1. The van der Waals surface area contributed by atoms with Crippen LogP contribution >= 0.6 is 0 Å². The number of aromatic nitrogens is 1. The standard InChI is InChI=1S/C23H22N2O4/c26-21(25-29-22-8-4-5-13-28-22)12-10-16-9-11-19-18(14-16)15-20(24-19)23(27)17-6-2-1-3-7-17/h1-3,6-7,9-12,14-15,22,24H,4-5,8,13H2,(H,25,26)/b12-10+. The van der Waals surface area contributed by atoms with Crippen LogP contribution in [0.15, 0.2) is 60.7 Å². The maximum absolute atomic E-state index is 12.6.